The largest absolute Gasteiger partial charge is 0.313 e. The summed E-state index contributed by atoms with van der Waals surface area (Å²) in [6.45, 7) is 1.07. The molecule has 1 aliphatic rings. The van der Waals surface area contributed by atoms with Gasteiger partial charge >= 0.3 is 0 Å². The second-order valence-corrected chi connectivity index (χ2v) is 5.34. The lowest BCUT2D eigenvalue weighted by atomic mass is 10.1. The molecule has 90 valence electrons. The Balaban J connectivity index is 0.00000128. The first kappa shape index (κ1) is 13.6. The molecule has 5 heteroatoms. The highest BCUT2D eigenvalue weighted by Gasteiger charge is 2.16. The van der Waals surface area contributed by atoms with E-state index in [1.54, 1.807) is 12.4 Å². The highest BCUT2D eigenvalue weighted by molar-refractivity contribution is 7.85. The van der Waals surface area contributed by atoms with Crippen LogP contribution in [0.15, 0.2) is 29.4 Å². The van der Waals surface area contributed by atoms with Crippen LogP contribution in [0.1, 0.15) is 19.3 Å². The average molecular weight is 261 g/mol. The summed E-state index contributed by atoms with van der Waals surface area (Å²) in [5, 5.41) is 3.41. The Morgan fingerprint density at radius 1 is 1.38 bits per heavy atom. The van der Waals surface area contributed by atoms with Crippen LogP contribution >= 0.6 is 12.4 Å². The molecule has 2 unspecified atom stereocenters. The van der Waals surface area contributed by atoms with Crippen molar-refractivity contribution >= 4 is 23.2 Å². The molecule has 0 aromatic carbocycles. The topological polar surface area (TPSA) is 42.0 Å². The molecule has 0 radical (unpaired) electrons. The third-order valence-corrected chi connectivity index (χ3v) is 4.18. The van der Waals surface area contributed by atoms with Gasteiger partial charge < -0.3 is 5.32 Å². The minimum Gasteiger partial charge on any atom is -0.313 e. The van der Waals surface area contributed by atoms with Crippen LogP contribution in [0.4, 0.5) is 0 Å². The van der Waals surface area contributed by atoms with E-state index in [-0.39, 0.29) is 12.4 Å². The van der Waals surface area contributed by atoms with E-state index in [2.05, 4.69) is 10.3 Å². The summed E-state index contributed by atoms with van der Waals surface area (Å²) < 4.78 is 12.0. The van der Waals surface area contributed by atoms with Crippen molar-refractivity contribution in [2.24, 2.45) is 0 Å². The van der Waals surface area contributed by atoms with Gasteiger partial charge in [-0.1, -0.05) is 6.42 Å². The summed E-state index contributed by atoms with van der Waals surface area (Å²) in [7, 11) is -0.883. The van der Waals surface area contributed by atoms with Crippen LogP contribution in [0.25, 0.3) is 0 Å². The molecule has 2 heterocycles. The Kier molecular flexibility index (Phi) is 5.95. The quantitative estimate of drug-likeness (QED) is 0.901. The average Bonchev–Trinajstić information content (AvgIpc) is 2.31. The lowest BCUT2D eigenvalue weighted by molar-refractivity contribution is 0.427. The second kappa shape index (κ2) is 6.99. The third-order valence-electron chi connectivity index (χ3n) is 2.68. The van der Waals surface area contributed by atoms with Crippen molar-refractivity contribution in [2.75, 3.05) is 12.3 Å². The van der Waals surface area contributed by atoms with Crippen molar-refractivity contribution < 1.29 is 4.21 Å². The molecule has 0 aliphatic carbocycles. The molecule has 2 atom stereocenters. The van der Waals surface area contributed by atoms with Crippen molar-refractivity contribution in [3.05, 3.63) is 24.5 Å². The molecule has 2 rings (SSSR count). The molecule has 0 bridgehead atoms. The fraction of sp³-hybridized carbons (Fsp3) is 0.545. The molecule has 16 heavy (non-hydrogen) atoms. The van der Waals surface area contributed by atoms with Gasteiger partial charge in [-0.2, -0.15) is 0 Å². The molecule has 3 nitrogen and oxygen atoms in total. The second-order valence-electron chi connectivity index (χ2n) is 3.84. The van der Waals surface area contributed by atoms with Gasteiger partial charge in [0, 0.05) is 29.1 Å². The maximum atomic E-state index is 12.0. The summed E-state index contributed by atoms with van der Waals surface area (Å²) in [5.41, 5.74) is 0. The molecule has 1 aromatic rings. The molecule has 0 saturated carbocycles. The minimum absolute atomic E-state index is 0. The van der Waals surface area contributed by atoms with Gasteiger partial charge in [0.2, 0.25) is 0 Å². The Bertz CT molecular complexity index is 328. The van der Waals surface area contributed by atoms with E-state index in [1.165, 1.54) is 12.8 Å². The number of rotatable bonds is 3. The maximum Gasteiger partial charge on any atom is 0.0546 e. The maximum absolute atomic E-state index is 12.0. The number of hydrogen-bond acceptors (Lipinski definition) is 3. The van der Waals surface area contributed by atoms with Crippen LogP contribution in [-0.2, 0) is 10.8 Å². The molecule has 1 saturated heterocycles. The summed E-state index contributed by atoms with van der Waals surface area (Å²) in [6, 6.07) is 4.09. The summed E-state index contributed by atoms with van der Waals surface area (Å²) >= 11 is 0. The van der Waals surface area contributed by atoms with Gasteiger partial charge in [0.25, 0.3) is 0 Å². The fourth-order valence-electron chi connectivity index (χ4n) is 1.84. The lowest BCUT2D eigenvalue weighted by Gasteiger charge is -2.22. The van der Waals surface area contributed by atoms with Gasteiger partial charge in [-0.05, 0) is 31.5 Å². The van der Waals surface area contributed by atoms with Crippen LogP contribution in [0.2, 0.25) is 0 Å². The number of hydrogen-bond donors (Lipinski definition) is 1. The van der Waals surface area contributed by atoms with Crippen LogP contribution in [-0.4, -0.2) is 27.5 Å². The van der Waals surface area contributed by atoms with Crippen molar-refractivity contribution in [3.63, 3.8) is 0 Å². The molecule has 0 amide bonds. The van der Waals surface area contributed by atoms with Crippen molar-refractivity contribution in [1.29, 1.82) is 0 Å². The third kappa shape index (κ3) is 3.85. The van der Waals surface area contributed by atoms with Gasteiger partial charge in [0.1, 0.15) is 0 Å². The highest BCUT2D eigenvalue weighted by atomic mass is 35.5. The van der Waals surface area contributed by atoms with Crippen LogP contribution in [0.5, 0.6) is 0 Å². The van der Waals surface area contributed by atoms with Crippen LogP contribution in [0.3, 0.4) is 0 Å². The molecular weight excluding hydrogens is 244 g/mol. The Morgan fingerprint density at radius 3 is 2.75 bits per heavy atom. The van der Waals surface area contributed by atoms with Gasteiger partial charge in [-0.25, -0.2) is 0 Å². The first-order valence-corrected chi connectivity index (χ1v) is 6.70. The Labute approximate surface area is 105 Å². The van der Waals surface area contributed by atoms with E-state index in [4.69, 9.17) is 0 Å². The number of aromatic nitrogens is 1. The van der Waals surface area contributed by atoms with E-state index in [1.807, 2.05) is 12.1 Å². The molecule has 0 spiro atoms. The van der Waals surface area contributed by atoms with Gasteiger partial charge in [0.15, 0.2) is 0 Å². The van der Waals surface area contributed by atoms with Crippen LogP contribution < -0.4 is 5.32 Å². The highest BCUT2D eigenvalue weighted by Crippen LogP contribution is 2.11. The zero-order valence-corrected chi connectivity index (χ0v) is 10.7. The van der Waals surface area contributed by atoms with Gasteiger partial charge in [-0.15, -0.1) is 12.4 Å². The molecule has 1 aliphatic heterocycles. The first-order valence-electron chi connectivity index (χ1n) is 5.38. The predicted octanol–water partition coefficient (Wildman–Crippen LogP) is 1.75. The SMILES string of the molecule is Cl.O=S(CC1CCCCN1)c1ccncc1. The Morgan fingerprint density at radius 2 is 2.12 bits per heavy atom. The number of piperidine rings is 1. The van der Waals surface area contributed by atoms with E-state index >= 15 is 0 Å². The van der Waals surface area contributed by atoms with Gasteiger partial charge in [-0.3, -0.25) is 9.19 Å². The standard InChI is InChI=1S/C11H16N2OS.ClH/c14-15(11-4-7-12-8-5-11)9-10-3-1-2-6-13-10;/h4-5,7-8,10,13H,1-3,6,9H2;1H. The number of halogens is 1. The number of nitrogens with one attached hydrogen (secondary N) is 1. The first-order chi connectivity index (χ1) is 7.36. The van der Waals surface area contributed by atoms with E-state index in [0.717, 1.165) is 23.6 Å². The predicted molar refractivity (Wildman–Crippen MR) is 68.4 cm³/mol. The summed E-state index contributed by atoms with van der Waals surface area (Å²) in [5.74, 6) is 0.726. The Hall–Kier alpha value is -0.450. The monoisotopic (exact) mass is 260 g/mol. The van der Waals surface area contributed by atoms with E-state index in [0.29, 0.717) is 6.04 Å². The minimum atomic E-state index is -0.883. The van der Waals surface area contributed by atoms with Crippen molar-refractivity contribution in [3.8, 4) is 0 Å². The molecule has 1 aromatic heterocycles. The normalized spacial score (nSPS) is 22.1. The summed E-state index contributed by atoms with van der Waals surface area (Å²) in [6.07, 6.45) is 7.05. The zero-order chi connectivity index (χ0) is 10.5. The molecular formula is C11H17ClN2OS. The van der Waals surface area contributed by atoms with Crippen LogP contribution in [0, 0.1) is 0 Å². The lowest BCUT2D eigenvalue weighted by Crippen LogP contribution is -2.38. The zero-order valence-electron chi connectivity index (χ0n) is 9.09. The number of nitrogens with zero attached hydrogens (tertiary/aromatic N) is 1. The van der Waals surface area contributed by atoms with Crippen molar-refractivity contribution in [1.82, 2.24) is 10.3 Å². The van der Waals surface area contributed by atoms with Gasteiger partial charge in [0.05, 0.1) is 10.8 Å². The summed E-state index contributed by atoms with van der Waals surface area (Å²) in [4.78, 5) is 4.81. The molecule has 1 fully saturated rings. The fourth-order valence-corrected chi connectivity index (χ4v) is 3.10. The van der Waals surface area contributed by atoms with E-state index < -0.39 is 10.8 Å². The van der Waals surface area contributed by atoms with Crippen molar-refractivity contribution in [2.45, 2.75) is 30.2 Å². The van der Waals surface area contributed by atoms with E-state index in [9.17, 15) is 4.21 Å². The molecule has 1 N–H and O–H groups in total. The smallest absolute Gasteiger partial charge is 0.0546 e. The number of pyridine rings is 1.